The number of allylic oxidation sites excluding steroid dienone is 1. The van der Waals surface area contributed by atoms with Crippen LogP contribution in [0.5, 0.6) is 0 Å². The Morgan fingerprint density at radius 2 is 1.17 bits per heavy atom. The van der Waals surface area contributed by atoms with E-state index in [2.05, 4.69) is 176 Å². The molecule has 1 unspecified atom stereocenters. The third-order valence-corrected chi connectivity index (χ3v) is 13.2. The van der Waals surface area contributed by atoms with Gasteiger partial charge in [-0.05, 0) is 58.0 Å². The van der Waals surface area contributed by atoms with Gasteiger partial charge in [0.1, 0.15) is 0 Å². The Labute approximate surface area is 351 Å². The second kappa shape index (κ2) is 14.1. The number of thiophene rings is 1. The molecule has 10 aromatic rings. The topological polar surface area (TPSA) is 37.6 Å². The summed E-state index contributed by atoms with van der Waals surface area (Å²) < 4.78 is 2.55. The van der Waals surface area contributed by atoms with E-state index < -0.39 is 0 Å². The molecule has 0 bridgehead atoms. The maximum Gasteiger partial charge on any atom is 0.160 e. The van der Waals surface area contributed by atoms with E-state index in [-0.39, 0.29) is 5.92 Å². The fourth-order valence-electron chi connectivity index (χ4n) is 9.22. The first kappa shape index (κ1) is 34.5. The summed E-state index contributed by atoms with van der Waals surface area (Å²) in [5.74, 6) is 0.760. The number of fused-ring (bicyclic) bond motifs is 10. The lowest BCUT2D eigenvalue weighted by atomic mass is 9.77. The number of aromatic nitrogens is 1. The molecule has 8 aromatic carbocycles. The molecule has 3 heterocycles. The minimum absolute atomic E-state index is 0.0612. The van der Waals surface area contributed by atoms with E-state index in [4.69, 9.17) is 15.0 Å². The number of para-hydroxylation sites is 1. The van der Waals surface area contributed by atoms with E-state index in [1.807, 2.05) is 35.6 Å². The molecule has 1 atom stereocenters. The van der Waals surface area contributed by atoms with Gasteiger partial charge >= 0.3 is 0 Å². The van der Waals surface area contributed by atoms with Crippen LogP contribution in [-0.4, -0.2) is 16.5 Å². The van der Waals surface area contributed by atoms with Crippen molar-refractivity contribution >= 4 is 64.7 Å². The van der Waals surface area contributed by atoms with Gasteiger partial charge < -0.3 is 0 Å². The van der Waals surface area contributed by atoms with Crippen LogP contribution in [0.4, 0.5) is 0 Å². The van der Waals surface area contributed by atoms with E-state index in [0.717, 1.165) is 51.3 Å². The number of aliphatic imine (C=N–C) groups is 2. The minimum atomic E-state index is 0.0612. The van der Waals surface area contributed by atoms with Crippen molar-refractivity contribution < 1.29 is 0 Å². The van der Waals surface area contributed by atoms with Crippen LogP contribution >= 0.6 is 11.3 Å². The summed E-state index contributed by atoms with van der Waals surface area (Å²) >= 11 is 1.86. The lowest BCUT2D eigenvalue weighted by Gasteiger charge is -2.27. The SMILES string of the molecule is C1=CC(c2ccc(-c3ccc4c(c3)sc3ccc5c(-c6ccccc6)nc6ccccc6c5c34)cc2)=NC(c2ccccc2)=NC=1C1Cc2ccccc2-c2ccccc21. The molecule has 0 N–H and O–H groups in total. The number of hydrogen-bond acceptors (Lipinski definition) is 4. The zero-order valence-electron chi connectivity index (χ0n) is 32.5. The van der Waals surface area contributed by atoms with Gasteiger partial charge in [0, 0.05) is 65.0 Å². The Bertz CT molecular complexity index is 3480. The molecule has 0 saturated carbocycles. The molecule has 0 amide bonds. The first-order valence-electron chi connectivity index (χ1n) is 20.4. The highest BCUT2D eigenvalue weighted by Gasteiger charge is 2.28. The van der Waals surface area contributed by atoms with E-state index in [9.17, 15) is 0 Å². The van der Waals surface area contributed by atoms with Gasteiger partial charge in [0.2, 0.25) is 0 Å². The van der Waals surface area contributed by atoms with Crippen LogP contribution < -0.4 is 0 Å². The molecule has 0 spiro atoms. The quantitative estimate of drug-likeness (QED) is 0.127. The second-order valence-electron chi connectivity index (χ2n) is 15.6. The lowest BCUT2D eigenvalue weighted by Crippen LogP contribution is -2.13. The Balaban J connectivity index is 0.933. The highest BCUT2D eigenvalue weighted by molar-refractivity contribution is 7.26. The van der Waals surface area contributed by atoms with Crippen molar-refractivity contribution in [2.24, 2.45) is 9.98 Å². The highest BCUT2D eigenvalue weighted by atomic mass is 32.1. The Hall–Kier alpha value is -7.49. The summed E-state index contributed by atoms with van der Waals surface area (Å²) in [4.78, 5) is 15.7. The number of nitrogens with zero attached hydrogens (tertiary/aromatic N) is 3. The molecule has 1 aliphatic carbocycles. The smallest absolute Gasteiger partial charge is 0.160 e. The maximum atomic E-state index is 5.29. The molecule has 12 rings (SSSR count). The second-order valence-corrected chi connectivity index (χ2v) is 16.7. The van der Waals surface area contributed by atoms with Gasteiger partial charge in [0.15, 0.2) is 5.84 Å². The van der Waals surface area contributed by atoms with Gasteiger partial charge in [-0.2, -0.15) is 0 Å². The molecule has 4 heteroatoms. The fourth-order valence-corrected chi connectivity index (χ4v) is 10.4. The summed E-state index contributed by atoms with van der Waals surface area (Å²) in [6.07, 6.45) is 2.89. The van der Waals surface area contributed by atoms with Crippen LogP contribution in [0.25, 0.3) is 75.4 Å². The van der Waals surface area contributed by atoms with Crippen LogP contribution in [0, 0.1) is 0 Å². The van der Waals surface area contributed by atoms with Crippen molar-refractivity contribution in [1.29, 1.82) is 0 Å². The zero-order valence-corrected chi connectivity index (χ0v) is 33.3. The monoisotopic (exact) mass is 781 g/mol. The predicted octanol–water partition coefficient (Wildman–Crippen LogP) is 14.4. The van der Waals surface area contributed by atoms with E-state index >= 15 is 0 Å². The molecule has 60 heavy (non-hydrogen) atoms. The summed E-state index contributed by atoms with van der Waals surface area (Å²) in [7, 11) is 0. The normalized spacial score (nSPS) is 14.7. The summed E-state index contributed by atoms with van der Waals surface area (Å²) in [6, 6.07) is 67.1. The number of rotatable bonds is 5. The Morgan fingerprint density at radius 3 is 2.02 bits per heavy atom. The van der Waals surface area contributed by atoms with Gasteiger partial charge in [-0.3, -0.25) is 0 Å². The van der Waals surface area contributed by atoms with Crippen molar-refractivity contribution in [3.05, 3.63) is 228 Å². The molecule has 0 saturated heterocycles. The maximum absolute atomic E-state index is 5.29. The summed E-state index contributed by atoms with van der Waals surface area (Å²) in [6.45, 7) is 0. The molecule has 1 aliphatic heterocycles. The largest absolute Gasteiger partial charge is 0.247 e. The summed E-state index contributed by atoms with van der Waals surface area (Å²) in [5, 5.41) is 6.20. The number of benzene rings is 8. The van der Waals surface area contributed by atoms with Crippen LogP contribution in [0.3, 0.4) is 0 Å². The van der Waals surface area contributed by atoms with E-state index in [1.54, 1.807) is 0 Å². The number of hydrogen-bond donors (Lipinski definition) is 0. The van der Waals surface area contributed by atoms with Crippen LogP contribution in [0.1, 0.15) is 28.2 Å². The predicted molar refractivity (Wildman–Crippen MR) is 252 cm³/mol. The first-order valence-corrected chi connectivity index (χ1v) is 21.3. The van der Waals surface area contributed by atoms with Crippen LogP contribution in [-0.2, 0) is 6.42 Å². The van der Waals surface area contributed by atoms with Gasteiger partial charge in [0.05, 0.1) is 22.6 Å². The molecular formula is C56H35N3S. The van der Waals surface area contributed by atoms with Crippen molar-refractivity contribution in [2.75, 3.05) is 0 Å². The average molecular weight is 782 g/mol. The van der Waals surface area contributed by atoms with Crippen molar-refractivity contribution in [1.82, 2.24) is 4.98 Å². The molecule has 280 valence electrons. The van der Waals surface area contributed by atoms with Crippen molar-refractivity contribution in [3.8, 4) is 33.5 Å². The first-order chi connectivity index (χ1) is 29.7. The Morgan fingerprint density at radius 1 is 0.483 bits per heavy atom. The molecule has 3 nitrogen and oxygen atoms in total. The van der Waals surface area contributed by atoms with E-state index in [1.165, 1.54) is 64.1 Å². The summed E-state index contributed by atoms with van der Waals surface area (Å²) in [5.41, 5.74) is 18.1. The molecular weight excluding hydrogens is 747 g/mol. The Kier molecular flexibility index (Phi) is 8.12. The number of pyridine rings is 1. The van der Waals surface area contributed by atoms with Gasteiger partial charge in [-0.1, -0.05) is 176 Å². The molecule has 2 aromatic heterocycles. The van der Waals surface area contributed by atoms with Gasteiger partial charge in [0.25, 0.3) is 0 Å². The highest BCUT2D eigenvalue weighted by Crippen LogP contribution is 2.45. The molecule has 0 radical (unpaired) electrons. The average Bonchev–Trinajstić information content (AvgIpc) is 3.55. The zero-order chi connectivity index (χ0) is 39.6. The molecule has 0 fully saturated rings. The third-order valence-electron chi connectivity index (χ3n) is 12.1. The minimum Gasteiger partial charge on any atom is -0.247 e. The van der Waals surface area contributed by atoms with Gasteiger partial charge in [-0.25, -0.2) is 15.0 Å². The standard InChI is InChI=1S/C56H35N3S/c1-3-13-37(14-4-1)55-46-29-32-51-54(53(46)44-21-11-12-22-49(44)57-55)45-28-27-39(34-52(45)60-51)35-23-25-36(26-24-35)48-30-31-50(59-56(58-48)38-15-5-2-6-16-38)47-33-40-17-7-8-18-41(40)42-19-9-10-20-43(42)47/h1-30,32,34,47H,33H2. The number of amidine groups is 1. The van der Waals surface area contributed by atoms with Crippen LogP contribution in [0.2, 0.25) is 0 Å². The van der Waals surface area contributed by atoms with Crippen LogP contribution in [0.15, 0.2) is 216 Å². The fraction of sp³-hybridized carbons (Fsp3) is 0.0357. The third kappa shape index (κ3) is 5.77. The van der Waals surface area contributed by atoms with Crippen molar-refractivity contribution in [2.45, 2.75) is 12.3 Å². The molecule has 2 aliphatic rings. The van der Waals surface area contributed by atoms with Crippen molar-refractivity contribution in [3.63, 3.8) is 0 Å². The van der Waals surface area contributed by atoms with Gasteiger partial charge in [-0.15, -0.1) is 11.3 Å². The van der Waals surface area contributed by atoms with E-state index in [0.29, 0.717) is 5.84 Å². The lowest BCUT2D eigenvalue weighted by molar-refractivity contribution is 0.768.